The lowest BCUT2D eigenvalue weighted by molar-refractivity contribution is -0.418. The van der Waals surface area contributed by atoms with E-state index in [0.717, 1.165) is 0 Å². The van der Waals surface area contributed by atoms with Crippen molar-refractivity contribution in [2.45, 2.75) is 105 Å². The van der Waals surface area contributed by atoms with Crippen LogP contribution >= 0.6 is 0 Å². The van der Waals surface area contributed by atoms with Crippen LogP contribution < -0.4 is 0 Å². The van der Waals surface area contributed by atoms with Crippen molar-refractivity contribution in [3.05, 3.63) is 0 Å². The van der Waals surface area contributed by atoms with Gasteiger partial charge in [0.05, 0.1) is 0 Å². The molecule has 0 saturated heterocycles. The first-order valence-electron chi connectivity index (χ1n) is 12.3. The van der Waals surface area contributed by atoms with Gasteiger partial charge in [0.15, 0.2) is 0 Å². The summed E-state index contributed by atoms with van der Waals surface area (Å²) in [5, 5.41) is 0. The summed E-state index contributed by atoms with van der Waals surface area (Å²) in [4.78, 5) is 0. The standard InChI is InChI=1S/C22H16F24/c23-8(19(35,36)37)15(27,28)7-6-1-12(16(29,30)9(24)20(38,39)40)3-13(2-6,17(31,32)10(25)21(41,42)43)5-14(7,4-12)18(33,34)11(26)22(44,45)46/h6-11H,1-5H2. The van der Waals surface area contributed by atoms with Crippen LogP contribution in [0.15, 0.2) is 0 Å². The molecule has 7 atom stereocenters. The summed E-state index contributed by atoms with van der Waals surface area (Å²) < 4.78 is 338. The molecule has 0 N–H and O–H groups in total. The van der Waals surface area contributed by atoms with Gasteiger partial charge in [-0.05, 0) is 38.0 Å². The highest BCUT2D eigenvalue weighted by Crippen LogP contribution is 2.83. The average molecular weight is 736 g/mol. The largest absolute Gasteiger partial charge is 0.425 e. The summed E-state index contributed by atoms with van der Waals surface area (Å²) in [6.45, 7) is 0. The van der Waals surface area contributed by atoms with Crippen molar-refractivity contribution < 1.29 is 105 Å². The van der Waals surface area contributed by atoms with Gasteiger partial charge in [-0.3, -0.25) is 0 Å². The van der Waals surface area contributed by atoms with Gasteiger partial charge >= 0.3 is 24.7 Å². The van der Waals surface area contributed by atoms with E-state index in [2.05, 4.69) is 0 Å². The van der Waals surface area contributed by atoms with Crippen molar-refractivity contribution in [2.75, 3.05) is 0 Å². The third-order valence-electron chi connectivity index (χ3n) is 9.29. The van der Waals surface area contributed by atoms with Crippen LogP contribution in [0.1, 0.15) is 32.1 Å². The molecule has 272 valence electrons. The van der Waals surface area contributed by atoms with Gasteiger partial charge in [-0.2, -0.15) is 52.7 Å². The first-order valence-corrected chi connectivity index (χ1v) is 12.3. The quantitative estimate of drug-likeness (QED) is 0.218. The molecule has 0 amide bonds. The molecule has 4 rings (SSSR count). The highest BCUT2D eigenvalue weighted by atomic mass is 19.4. The second-order valence-corrected chi connectivity index (χ2v) is 12.1. The van der Waals surface area contributed by atoms with Crippen molar-refractivity contribution in [2.24, 2.45) is 28.1 Å². The molecule has 0 spiro atoms. The molecule has 0 aromatic heterocycles. The minimum Gasteiger partial charge on any atom is -0.231 e. The van der Waals surface area contributed by atoms with Crippen LogP contribution in [0.5, 0.6) is 0 Å². The van der Waals surface area contributed by atoms with Crippen LogP contribution in [0.25, 0.3) is 0 Å². The summed E-state index contributed by atoms with van der Waals surface area (Å²) in [5.74, 6) is -35.3. The molecule has 0 aliphatic heterocycles. The van der Waals surface area contributed by atoms with Crippen molar-refractivity contribution in [1.82, 2.24) is 0 Å². The lowest BCUT2D eigenvalue weighted by atomic mass is 9.32. The maximum Gasteiger partial charge on any atom is 0.425 e. The summed E-state index contributed by atoms with van der Waals surface area (Å²) in [5.41, 5.74) is -15.4. The molecule has 24 heteroatoms. The highest BCUT2D eigenvalue weighted by Gasteiger charge is 2.89. The zero-order valence-electron chi connectivity index (χ0n) is 21.6. The van der Waals surface area contributed by atoms with Crippen LogP contribution in [0, 0.1) is 28.1 Å². The fraction of sp³-hybridized carbons (Fsp3) is 1.00. The predicted octanol–water partition coefficient (Wildman–Crippen LogP) is 10.3. The molecule has 0 heterocycles. The van der Waals surface area contributed by atoms with E-state index < -0.39 is 133 Å². The number of hydrogen-bond donors (Lipinski definition) is 0. The minimum absolute atomic E-state index is 2.54. The Morgan fingerprint density at radius 3 is 0.957 bits per heavy atom. The molecule has 4 aliphatic rings. The molecule has 4 saturated carbocycles. The molecule has 46 heavy (non-hydrogen) atoms. The predicted molar refractivity (Wildman–Crippen MR) is 101 cm³/mol. The third-order valence-corrected chi connectivity index (χ3v) is 9.29. The van der Waals surface area contributed by atoms with Gasteiger partial charge in [0.25, 0.3) is 48.4 Å². The first kappa shape index (κ1) is 38.8. The van der Waals surface area contributed by atoms with E-state index >= 15 is 35.1 Å². The molecule has 0 nitrogen and oxygen atoms in total. The summed E-state index contributed by atoms with van der Waals surface area (Å²) in [6.07, 6.45) is -65.7. The Morgan fingerprint density at radius 1 is 0.391 bits per heavy atom. The van der Waals surface area contributed by atoms with Gasteiger partial charge in [-0.1, -0.05) is 0 Å². The highest BCUT2D eigenvalue weighted by molar-refractivity contribution is 5.28. The maximum atomic E-state index is 15.6. The van der Waals surface area contributed by atoms with E-state index in [-0.39, 0.29) is 0 Å². The molecule has 4 aliphatic carbocycles. The smallest absolute Gasteiger partial charge is 0.231 e. The van der Waals surface area contributed by atoms with Crippen molar-refractivity contribution >= 4 is 0 Å². The lowest BCUT2D eigenvalue weighted by Gasteiger charge is -2.73. The Hall–Kier alpha value is -1.68. The SMILES string of the molecule is FC(C(F)(F)F)C(F)(F)C1C2CC3(C(F)(F)C(F)C(F)(F)F)CC(C(F)(F)C(F)C(F)(F)F)(C2)CC1(C(F)(F)C(F)C(F)(F)F)C3. The van der Waals surface area contributed by atoms with E-state index in [1.165, 1.54) is 0 Å². The van der Waals surface area contributed by atoms with Gasteiger partial charge in [0, 0.05) is 22.2 Å². The monoisotopic (exact) mass is 736 g/mol. The van der Waals surface area contributed by atoms with E-state index in [1.54, 1.807) is 0 Å². The Bertz CT molecular complexity index is 1090. The van der Waals surface area contributed by atoms with Gasteiger partial charge < -0.3 is 0 Å². The number of alkyl halides is 24. The molecule has 4 bridgehead atoms. The van der Waals surface area contributed by atoms with Crippen LogP contribution in [0.3, 0.4) is 0 Å². The Balaban J connectivity index is 2.53. The fourth-order valence-electron chi connectivity index (χ4n) is 7.97. The first-order chi connectivity index (χ1) is 19.9. The molecule has 7 unspecified atom stereocenters. The lowest BCUT2D eigenvalue weighted by Crippen LogP contribution is -2.78. The van der Waals surface area contributed by atoms with Crippen LogP contribution in [-0.4, -0.2) is 73.1 Å². The van der Waals surface area contributed by atoms with Gasteiger partial charge in [0.2, 0.25) is 0 Å². The molecule has 0 aromatic rings. The second-order valence-electron chi connectivity index (χ2n) is 12.1. The number of hydrogen-bond acceptors (Lipinski definition) is 0. The zero-order valence-corrected chi connectivity index (χ0v) is 21.6. The molecule has 0 radical (unpaired) electrons. The summed E-state index contributed by atoms with van der Waals surface area (Å²) in [7, 11) is 0. The minimum atomic E-state index is -7.10. The average Bonchev–Trinajstić information content (AvgIpc) is 2.83. The second kappa shape index (κ2) is 10.2. The van der Waals surface area contributed by atoms with Crippen molar-refractivity contribution in [3.63, 3.8) is 0 Å². The van der Waals surface area contributed by atoms with Gasteiger partial charge in [-0.25, -0.2) is 52.7 Å². The van der Waals surface area contributed by atoms with Gasteiger partial charge in [0.1, 0.15) is 0 Å². The number of halogens is 24. The Kier molecular flexibility index (Phi) is 8.57. The van der Waals surface area contributed by atoms with Crippen LogP contribution in [0.2, 0.25) is 0 Å². The normalized spacial score (nSPS) is 34.4. The summed E-state index contributed by atoms with van der Waals surface area (Å²) in [6, 6.07) is 0. The van der Waals surface area contributed by atoms with Gasteiger partial charge in [-0.15, -0.1) is 0 Å². The maximum absolute atomic E-state index is 15.6. The van der Waals surface area contributed by atoms with Crippen LogP contribution in [0.4, 0.5) is 105 Å². The molecule has 0 aromatic carbocycles. The van der Waals surface area contributed by atoms with E-state index in [1.807, 2.05) is 0 Å². The topological polar surface area (TPSA) is 0 Å². The Morgan fingerprint density at radius 2 is 0.674 bits per heavy atom. The zero-order chi connectivity index (χ0) is 36.5. The Labute approximate surface area is 239 Å². The number of rotatable bonds is 8. The van der Waals surface area contributed by atoms with Crippen molar-refractivity contribution in [3.8, 4) is 0 Å². The van der Waals surface area contributed by atoms with Crippen LogP contribution in [-0.2, 0) is 0 Å². The van der Waals surface area contributed by atoms with Crippen molar-refractivity contribution in [1.29, 1.82) is 0 Å². The van der Waals surface area contributed by atoms with E-state index in [4.69, 9.17) is 0 Å². The molecular weight excluding hydrogens is 720 g/mol. The molecular formula is C22H16F24. The third kappa shape index (κ3) is 5.25. The van der Waals surface area contributed by atoms with E-state index in [0.29, 0.717) is 0 Å². The summed E-state index contributed by atoms with van der Waals surface area (Å²) >= 11 is 0. The molecule has 4 fully saturated rings. The van der Waals surface area contributed by atoms with E-state index in [9.17, 15) is 70.2 Å². The fourth-order valence-corrected chi connectivity index (χ4v) is 7.97.